The van der Waals surface area contributed by atoms with Gasteiger partial charge in [-0.2, -0.15) is 0 Å². The van der Waals surface area contributed by atoms with E-state index in [0.29, 0.717) is 29.0 Å². The molecule has 6 heteroatoms. The Morgan fingerprint density at radius 2 is 1.89 bits per heavy atom. The van der Waals surface area contributed by atoms with Crippen LogP contribution in [0.3, 0.4) is 0 Å². The van der Waals surface area contributed by atoms with E-state index in [1.807, 2.05) is 43.3 Å². The summed E-state index contributed by atoms with van der Waals surface area (Å²) >= 11 is 0. The largest absolute Gasteiger partial charge is 0.481 e. The number of nitrogens with two attached hydrogens (primary N) is 1. The van der Waals surface area contributed by atoms with Gasteiger partial charge in [-0.15, -0.1) is 0 Å². The number of hydrogen-bond acceptors (Lipinski definition) is 5. The number of carbonyl (C=O) groups excluding carboxylic acids is 1. The van der Waals surface area contributed by atoms with Crippen LogP contribution >= 0.6 is 0 Å². The van der Waals surface area contributed by atoms with Crippen LogP contribution in [0.1, 0.15) is 41.9 Å². The Morgan fingerprint density at radius 3 is 2.63 bits per heavy atom. The number of methoxy groups -OCH3 is 1. The molecule has 3 N–H and O–H groups in total. The molecule has 0 saturated heterocycles. The summed E-state index contributed by atoms with van der Waals surface area (Å²) in [4.78, 5) is 22.0. The summed E-state index contributed by atoms with van der Waals surface area (Å²) in [6, 6.07) is 17.3. The molecular formula is C29H30N4O2. The summed E-state index contributed by atoms with van der Waals surface area (Å²) in [5.41, 5.74) is 10.8. The minimum Gasteiger partial charge on any atom is -0.481 e. The lowest BCUT2D eigenvalue weighted by Crippen LogP contribution is -2.15. The number of ether oxygens (including phenoxy) is 1. The van der Waals surface area contributed by atoms with Crippen LogP contribution in [0.15, 0.2) is 66.9 Å². The summed E-state index contributed by atoms with van der Waals surface area (Å²) in [5, 5.41) is 4.70. The van der Waals surface area contributed by atoms with Crippen LogP contribution < -0.4 is 15.8 Å². The molecule has 0 saturated carbocycles. The van der Waals surface area contributed by atoms with Gasteiger partial charge in [0.1, 0.15) is 11.5 Å². The predicted molar refractivity (Wildman–Crippen MR) is 144 cm³/mol. The lowest BCUT2D eigenvalue weighted by atomic mass is 9.96. The monoisotopic (exact) mass is 466 g/mol. The molecule has 1 amide bonds. The second-order valence-electron chi connectivity index (χ2n) is 8.94. The zero-order valence-corrected chi connectivity index (χ0v) is 20.5. The van der Waals surface area contributed by atoms with E-state index in [2.05, 4.69) is 53.4 Å². The SMILES string of the molecule is COc1ccc(-c2ccc(/C=C/CC(C)C)cc2C)c(C(=O)Nc2ccc3c(N)nccc3c2)n1. The van der Waals surface area contributed by atoms with Gasteiger partial charge in [-0.3, -0.25) is 4.79 Å². The third-order valence-electron chi connectivity index (χ3n) is 5.81. The Hall–Kier alpha value is -4.19. The Morgan fingerprint density at radius 1 is 1.09 bits per heavy atom. The van der Waals surface area contributed by atoms with Gasteiger partial charge < -0.3 is 15.8 Å². The smallest absolute Gasteiger partial charge is 0.275 e. The third kappa shape index (κ3) is 5.49. The summed E-state index contributed by atoms with van der Waals surface area (Å²) in [6.07, 6.45) is 7.01. The number of amides is 1. The number of rotatable bonds is 7. The van der Waals surface area contributed by atoms with Crippen LogP contribution in [-0.2, 0) is 0 Å². The van der Waals surface area contributed by atoms with Crippen molar-refractivity contribution in [3.63, 3.8) is 0 Å². The van der Waals surface area contributed by atoms with E-state index in [0.717, 1.165) is 39.4 Å². The molecule has 0 fully saturated rings. The molecule has 4 rings (SSSR count). The first-order valence-electron chi connectivity index (χ1n) is 11.6. The van der Waals surface area contributed by atoms with Gasteiger partial charge in [-0.25, -0.2) is 9.97 Å². The molecule has 0 aliphatic rings. The molecule has 0 spiro atoms. The van der Waals surface area contributed by atoms with Gasteiger partial charge in [0.15, 0.2) is 0 Å². The molecule has 2 aromatic heterocycles. The van der Waals surface area contributed by atoms with Crippen LogP contribution in [0.25, 0.3) is 28.0 Å². The number of aryl methyl sites for hydroxylation is 1. The fourth-order valence-electron chi connectivity index (χ4n) is 3.98. The molecule has 0 atom stereocenters. The average Bonchev–Trinajstić information content (AvgIpc) is 2.84. The molecule has 0 aliphatic carbocycles. The quantitative estimate of drug-likeness (QED) is 0.324. The van der Waals surface area contributed by atoms with Crippen molar-refractivity contribution in [2.45, 2.75) is 27.2 Å². The van der Waals surface area contributed by atoms with E-state index < -0.39 is 0 Å². The third-order valence-corrected chi connectivity index (χ3v) is 5.81. The lowest BCUT2D eigenvalue weighted by molar-refractivity contribution is 0.102. The van der Waals surface area contributed by atoms with Crippen LogP contribution in [0.5, 0.6) is 5.88 Å². The van der Waals surface area contributed by atoms with Crippen molar-refractivity contribution < 1.29 is 9.53 Å². The number of nitrogens with one attached hydrogen (secondary N) is 1. The van der Waals surface area contributed by atoms with Crippen molar-refractivity contribution in [3.8, 4) is 17.0 Å². The standard InChI is InChI=1S/C29H30N4O2/c1-18(2)6-5-7-20-8-10-23(19(3)16-20)25-12-13-26(35-4)33-27(25)29(34)32-22-9-11-24-21(17-22)14-15-31-28(24)30/h5,7-18H,6H2,1-4H3,(H2,30,31)(H,32,34)/b7-5+. The summed E-state index contributed by atoms with van der Waals surface area (Å²) in [5.74, 6) is 1.13. The molecule has 6 nitrogen and oxygen atoms in total. The summed E-state index contributed by atoms with van der Waals surface area (Å²) in [7, 11) is 1.54. The van der Waals surface area contributed by atoms with Gasteiger partial charge in [-0.1, -0.05) is 44.2 Å². The summed E-state index contributed by atoms with van der Waals surface area (Å²) in [6.45, 7) is 6.45. The topological polar surface area (TPSA) is 90.1 Å². The van der Waals surface area contributed by atoms with Crippen molar-refractivity contribution in [2.24, 2.45) is 5.92 Å². The van der Waals surface area contributed by atoms with Gasteiger partial charge in [0.05, 0.1) is 7.11 Å². The number of anilines is 2. The molecule has 4 aromatic rings. The van der Waals surface area contributed by atoms with Crippen molar-refractivity contribution in [2.75, 3.05) is 18.2 Å². The normalized spacial score (nSPS) is 11.3. The Labute approximate surface area is 205 Å². The molecule has 2 aromatic carbocycles. The van der Waals surface area contributed by atoms with E-state index >= 15 is 0 Å². The Kier molecular flexibility index (Phi) is 7.11. The van der Waals surface area contributed by atoms with Gasteiger partial charge in [0, 0.05) is 28.9 Å². The number of nitrogens with zero attached hydrogens (tertiary/aromatic N) is 2. The van der Waals surface area contributed by atoms with Crippen LogP contribution in [0, 0.1) is 12.8 Å². The number of benzene rings is 2. The van der Waals surface area contributed by atoms with Crippen molar-refractivity contribution >= 4 is 34.3 Å². The molecule has 0 unspecified atom stereocenters. The average molecular weight is 467 g/mol. The highest BCUT2D eigenvalue weighted by molar-refractivity contribution is 6.08. The van der Waals surface area contributed by atoms with Crippen molar-refractivity contribution in [3.05, 3.63) is 83.7 Å². The molecule has 0 bridgehead atoms. The van der Waals surface area contributed by atoms with E-state index in [-0.39, 0.29) is 5.91 Å². The Bertz CT molecular complexity index is 1410. The van der Waals surface area contributed by atoms with Crippen LogP contribution in [0.2, 0.25) is 0 Å². The minimum atomic E-state index is -0.319. The number of nitrogen functional groups attached to an aromatic ring is 1. The van der Waals surface area contributed by atoms with Crippen molar-refractivity contribution in [1.82, 2.24) is 9.97 Å². The number of carbonyl (C=O) groups is 1. The number of fused-ring (bicyclic) bond motifs is 1. The van der Waals surface area contributed by atoms with E-state index in [9.17, 15) is 4.79 Å². The van der Waals surface area contributed by atoms with Crippen LogP contribution in [0.4, 0.5) is 11.5 Å². The molecule has 0 radical (unpaired) electrons. The zero-order valence-electron chi connectivity index (χ0n) is 20.5. The van der Waals surface area contributed by atoms with E-state index in [1.165, 1.54) is 7.11 Å². The van der Waals surface area contributed by atoms with E-state index in [4.69, 9.17) is 10.5 Å². The number of aromatic nitrogens is 2. The molecule has 35 heavy (non-hydrogen) atoms. The Balaban J connectivity index is 1.67. The van der Waals surface area contributed by atoms with Gasteiger partial charge in [0.25, 0.3) is 5.91 Å². The number of allylic oxidation sites excluding steroid dienone is 1. The predicted octanol–water partition coefficient (Wildman–Crippen LogP) is 6.51. The van der Waals surface area contributed by atoms with Gasteiger partial charge in [-0.05, 0) is 71.7 Å². The molecule has 178 valence electrons. The van der Waals surface area contributed by atoms with Crippen LogP contribution in [-0.4, -0.2) is 23.0 Å². The van der Waals surface area contributed by atoms with E-state index in [1.54, 1.807) is 12.3 Å². The zero-order chi connectivity index (χ0) is 24.9. The second kappa shape index (κ2) is 10.4. The maximum absolute atomic E-state index is 13.4. The molecule has 0 aliphatic heterocycles. The number of pyridine rings is 2. The summed E-state index contributed by atoms with van der Waals surface area (Å²) < 4.78 is 5.31. The first-order valence-corrected chi connectivity index (χ1v) is 11.6. The fourth-order valence-corrected chi connectivity index (χ4v) is 3.98. The second-order valence-corrected chi connectivity index (χ2v) is 8.94. The maximum Gasteiger partial charge on any atom is 0.275 e. The highest BCUT2D eigenvalue weighted by Crippen LogP contribution is 2.30. The van der Waals surface area contributed by atoms with Gasteiger partial charge >= 0.3 is 0 Å². The first kappa shape index (κ1) is 24.0. The molecular weight excluding hydrogens is 436 g/mol. The maximum atomic E-state index is 13.4. The van der Waals surface area contributed by atoms with Gasteiger partial charge in [0.2, 0.25) is 5.88 Å². The minimum absolute atomic E-state index is 0.296. The fraction of sp³-hybridized carbons (Fsp3) is 0.207. The lowest BCUT2D eigenvalue weighted by Gasteiger charge is -2.14. The highest BCUT2D eigenvalue weighted by atomic mass is 16.5. The van der Waals surface area contributed by atoms with Crippen molar-refractivity contribution in [1.29, 1.82) is 0 Å². The first-order chi connectivity index (χ1) is 16.9. The molecule has 2 heterocycles. The highest BCUT2D eigenvalue weighted by Gasteiger charge is 2.18. The number of hydrogen-bond donors (Lipinski definition) is 2.